The molecule has 0 aromatic heterocycles. The van der Waals surface area contributed by atoms with Gasteiger partial charge in [0, 0.05) is 18.0 Å². The molecule has 0 bridgehead atoms. The molecule has 1 aliphatic heterocycles. The van der Waals surface area contributed by atoms with Crippen molar-refractivity contribution in [2.45, 2.75) is 18.9 Å². The summed E-state index contributed by atoms with van der Waals surface area (Å²) in [4.78, 5) is 24.3. The number of carbonyl (C=O) groups excluding carboxylic acids is 2. The third-order valence-corrected chi connectivity index (χ3v) is 4.65. The molecule has 25 heavy (non-hydrogen) atoms. The molecule has 3 rings (SSSR count). The van der Waals surface area contributed by atoms with Crippen LogP contribution in [0.1, 0.15) is 23.2 Å². The monoisotopic (exact) mass is 378 g/mol. The Morgan fingerprint density at radius 2 is 1.68 bits per heavy atom. The first-order valence-electron chi connectivity index (χ1n) is 7.82. The first-order chi connectivity index (χ1) is 12.0. The topological polar surface area (TPSA) is 67.4 Å². The van der Waals surface area contributed by atoms with Gasteiger partial charge in [-0.15, -0.1) is 0 Å². The number of hydrogen-bond acceptors (Lipinski definition) is 3. The van der Waals surface area contributed by atoms with Crippen LogP contribution in [0.25, 0.3) is 0 Å². The lowest BCUT2D eigenvalue weighted by Gasteiger charge is -2.11. The van der Waals surface area contributed by atoms with E-state index >= 15 is 0 Å². The standard InChI is InChI=1S/C18H16Cl2N2O3/c19-14-4-1-3-13(16(14)20)17(23)21-11-6-8-12(9-7-11)22-18(24)15-5-2-10-25-15/h1,3-4,6-9,15H,2,5,10H2,(H,21,23)(H,22,24)/t15-/m1/s1. The van der Waals surface area contributed by atoms with Gasteiger partial charge in [0.05, 0.1) is 15.6 Å². The van der Waals surface area contributed by atoms with Gasteiger partial charge in [-0.25, -0.2) is 0 Å². The highest BCUT2D eigenvalue weighted by atomic mass is 35.5. The first kappa shape index (κ1) is 17.7. The summed E-state index contributed by atoms with van der Waals surface area (Å²) in [7, 11) is 0. The van der Waals surface area contributed by atoms with Crippen molar-refractivity contribution in [1.82, 2.24) is 0 Å². The summed E-state index contributed by atoms with van der Waals surface area (Å²) in [6.07, 6.45) is 1.25. The molecule has 5 nitrogen and oxygen atoms in total. The second-order valence-corrected chi connectivity index (χ2v) is 6.41. The van der Waals surface area contributed by atoms with Gasteiger partial charge in [-0.1, -0.05) is 29.3 Å². The molecule has 1 heterocycles. The second-order valence-electron chi connectivity index (χ2n) is 5.62. The van der Waals surface area contributed by atoms with Crippen LogP contribution in [0.2, 0.25) is 10.0 Å². The zero-order chi connectivity index (χ0) is 17.8. The van der Waals surface area contributed by atoms with E-state index in [0.29, 0.717) is 28.6 Å². The smallest absolute Gasteiger partial charge is 0.257 e. The van der Waals surface area contributed by atoms with Crippen molar-refractivity contribution in [2.75, 3.05) is 17.2 Å². The van der Waals surface area contributed by atoms with Crippen molar-refractivity contribution in [1.29, 1.82) is 0 Å². The molecular formula is C18H16Cl2N2O3. The molecular weight excluding hydrogens is 363 g/mol. The Hall–Kier alpha value is -2.08. The molecule has 2 aromatic carbocycles. The minimum absolute atomic E-state index is 0.153. The van der Waals surface area contributed by atoms with Crippen molar-refractivity contribution in [3.8, 4) is 0 Å². The van der Waals surface area contributed by atoms with E-state index in [2.05, 4.69) is 10.6 Å². The van der Waals surface area contributed by atoms with Gasteiger partial charge in [-0.05, 0) is 49.2 Å². The van der Waals surface area contributed by atoms with Crippen molar-refractivity contribution in [3.63, 3.8) is 0 Å². The number of benzene rings is 2. The summed E-state index contributed by atoms with van der Waals surface area (Å²) in [5.41, 5.74) is 1.51. The summed E-state index contributed by atoms with van der Waals surface area (Å²) in [6, 6.07) is 11.7. The zero-order valence-electron chi connectivity index (χ0n) is 13.2. The Morgan fingerprint density at radius 1 is 1.00 bits per heavy atom. The van der Waals surface area contributed by atoms with Gasteiger partial charge in [0.1, 0.15) is 6.10 Å². The number of hydrogen-bond donors (Lipinski definition) is 2. The molecule has 0 aliphatic carbocycles. The molecule has 130 valence electrons. The summed E-state index contributed by atoms with van der Waals surface area (Å²) in [5.74, 6) is -0.511. The lowest BCUT2D eigenvalue weighted by Crippen LogP contribution is -2.26. The highest BCUT2D eigenvalue weighted by Gasteiger charge is 2.23. The number of nitrogens with one attached hydrogen (secondary N) is 2. The first-order valence-corrected chi connectivity index (χ1v) is 8.58. The predicted molar refractivity (Wildman–Crippen MR) is 98.5 cm³/mol. The van der Waals surface area contributed by atoms with E-state index in [1.165, 1.54) is 0 Å². The lowest BCUT2D eigenvalue weighted by molar-refractivity contribution is -0.124. The number of halogens is 2. The summed E-state index contributed by atoms with van der Waals surface area (Å²) >= 11 is 12.0. The molecule has 1 fully saturated rings. The maximum absolute atomic E-state index is 12.3. The minimum Gasteiger partial charge on any atom is -0.368 e. The van der Waals surface area contributed by atoms with Crippen LogP contribution >= 0.6 is 23.2 Å². The average molecular weight is 379 g/mol. The van der Waals surface area contributed by atoms with Crippen LogP contribution in [-0.4, -0.2) is 24.5 Å². The molecule has 0 saturated carbocycles. The van der Waals surface area contributed by atoms with Crippen LogP contribution in [0.15, 0.2) is 42.5 Å². The van der Waals surface area contributed by atoms with Crippen LogP contribution in [0.5, 0.6) is 0 Å². The van der Waals surface area contributed by atoms with Gasteiger partial charge in [0.25, 0.3) is 11.8 Å². The van der Waals surface area contributed by atoms with E-state index in [9.17, 15) is 9.59 Å². The van der Waals surface area contributed by atoms with Gasteiger partial charge in [-0.2, -0.15) is 0 Å². The fourth-order valence-electron chi connectivity index (χ4n) is 2.52. The summed E-state index contributed by atoms with van der Waals surface area (Å²) in [6.45, 7) is 0.620. The van der Waals surface area contributed by atoms with Crippen molar-refractivity contribution >= 4 is 46.4 Å². The van der Waals surface area contributed by atoms with Crippen molar-refractivity contribution in [3.05, 3.63) is 58.1 Å². The lowest BCUT2D eigenvalue weighted by atomic mass is 10.2. The predicted octanol–water partition coefficient (Wildman–Crippen LogP) is 4.36. The van der Waals surface area contributed by atoms with E-state index in [0.717, 1.165) is 12.8 Å². The van der Waals surface area contributed by atoms with Crippen LogP contribution in [0.3, 0.4) is 0 Å². The van der Waals surface area contributed by atoms with Gasteiger partial charge in [-0.3, -0.25) is 9.59 Å². The van der Waals surface area contributed by atoms with Crippen molar-refractivity contribution < 1.29 is 14.3 Å². The van der Waals surface area contributed by atoms with Gasteiger partial charge in [0.15, 0.2) is 0 Å². The third kappa shape index (κ3) is 4.31. The van der Waals surface area contributed by atoms with E-state index in [1.807, 2.05) is 0 Å². The highest BCUT2D eigenvalue weighted by Crippen LogP contribution is 2.26. The van der Waals surface area contributed by atoms with Crippen LogP contribution in [-0.2, 0) is 9.53 Å². The van der Waals surface area contributed by atoms with Gasteiger partial charge in [0.2, 0.25) is 0 Å². The largest absolute Gasteiger partial charge is 0.368 e. The number of ether oxygens (including phenoxy) is 1. The fraction of sp³-hybridized carbons (Fsp3) is 0.222. The number of carbonyl (C=O) groups is 2. The molecule has 2 amide bonds. The van der Waals surface area contributed by atoms with E-state index in [-0.39, 0.29) is 22.9 Å². The highest BCUT2D eigenvalue weighted by molar-refractivity contribution is 6.44. The normalized spacial score (nSPS) is 16.5. The average Bonchev–Trinajstić information content (AvgIpc) is 3.14. The Labute approximate surface area is 155 Å². The second kappa shape index (κ2) is 7.87. The molecule has 2 N–H and O–H groups in total. The molecule has 0 spiro atoms. The van der Waals surface area contributed by atoms with Crippen LogP contribution in [0, 0.1) is 0 Å². The maximum atomic E-state index is 12.3. The fourth-order valence-corrected chi connectivity index (χ4v) is 2.91. The molecule has 0 radical (unpaired) electrons. The Kier molecular flexibility index (Phi) is 5.58. The molecule has 1 atom stereocenters. The Morgan fingerprint density at radius 3 is 2.32 bits per heavy atom. The van der Waals surface area contributed by atoms with Gasteiger partial charge >= 0.3 is 0 Å². The number of anilines is 2. The van der Waals surface area contributed by atoms with E-state index < -0.39 is 0 Å². The molecule has 1 saturated heterocycles. The Balaban J connectivity index is 1.63. The summed E-state index contributed by atoms with van der Waals surface area (Å²) in [5, 5.41) is 6.07. The molecule has 0 unspecified atom stereocenters. The van der Waals surface area contributed by atoms with Crippen LogP contribution in [0.4, 0.5) is 11.4 Å². The molecule has 2 aromatic rings. The Bertz CT molecular complexity index is 787. The number of amides is 2. The van der Waals surface area contributed by atoms with Crippen molar-refractivity contribution in [2.24, 2.45) is 0 Å². The molecule has 7 heteroatoms. The minimum atomic E-state index is -0.385. The summed E-state index contributed by atoms with van der Waals surface area (Å²) < 4.78 is 5.34. The molecule has 1 aliphatic rings. The van der Waals surface area contributed by atoms with Gasteiger partial charge < -0.3 is 15.4 Å². The number of rotatable bonds is 4. The zero-order valence-corrected chi connectivity index (χ0v) is 14.7. The van der Waals surface area contributed by atoms with E-state index in [1.54, 1.807) is 42.5 Å². The van der Waals surface area contributed by atoms with E-state index in [4.69, 9.17) is 27.9 Å². The quantitative estimate of drug-likeness (QED) is 0.829. The van der Waals surface area contributed by atoms with Crippen LogP contribution < -0.4 is 10.6 Å². The SMILES string of the molecule is O=C(Nc1ccc(NC(=O)[C@H]2CCCO2)cc1)c1cccc(Cl)c1Cl. The third-order valence-electron chi connectivity index (χ3n) is 3.83. The maximum Gasteiger partial charge on any atom is 0.257 e.